The van der Waals surface area contributed by atoms with Gasteiger partial charge in [-0.15, -0.1) is 0 Å². The molecule has 0 atom stereocenters. The van der Waals surface area contributed by atoms with Gasteiger partial charge in [0.05, 0.1) is 6.20 Å². The van der Waals surface area contributed by atoms with E-state index >= 15 is 0 Å². The quantitative estimate of drug-likeness (QED) is 0.407. The maximum atomic E-state index is 13.1. The van der Waals surface area contributed by atoms with Gasteiger partial charge in [0.2, 0.25) is 12.3 Å². The molecule has 0 bridgehead atoms. The minimum atomic E-state index is -0.158. The molecule has 0 spiro atoms. The standard InChI is InChI=1S/C23H17N2O2/c26-22(18-7-2-1-3-8-18)16-25-13-12-24-15-21(25)23(27)20-11-10-17-6-4-5-9-19(17)14-20/h1-15H,16H2/q+1. The van der Waals surface area contributed by atoms with Crippen molar-refractivity contribution in [2.45, 2.75) is 6.54 Å². The summed E-state index contributed by atoms with van der Waals surface area (Å²) in [5.41, 5.74) is 1.57. The van der Waals surface area contributed by atoms with Crippen LogP contribution >= 0.6 is 0 Å². The van der Waals surface area contributed by atoms with E-state index in [0.717, 1.165) is 10.8 Å². The van der Waals surface area contributed by atoms with Crippen molar-refractivity contribution in [3.63, 3.8) is 0 Å². The van der Waals surface area contributed by atoms with Crippen molar-refractivity contribution < 1.29 is 14.2 Å². The fourth-order valence-corrected chi connectivity index (χ4v) is 3.06. The van der Waals surface area contributed by atoms with Crippen LogP contribution in [-0.2, 0) is 6.54 Å². The molecular weight excluding hydrogens is 336 g/mol. The number of Topliss-reactive ketones (excluding diaryl/α,β-unsaturated/α-hetero) is 1. The number of aromatic nitrogens is 2. The van der Waals surface area contributed by atoms with Gasteiger partial charge in [0.15, 0.2) is 6.20 Å². The van der Waals surface area contributed by atoms with Crippen LogP contribution in [0.4, 0.5) is 0 Å². The molecule has 0 fully saturated rings. The number of carbonyl (C=O) groups excluding carboxylic acids is 2. The summed E-state index contributed by atoms with van der Waals surface area (Å²) in [6.45, 7) is 0.0845. The molecule has 4 heteroatoms. The van der Waals surface area contributed by atoms with Gasteiger partial charge >= 0.3 is 0 Å². The van der Waals surface area contributed by atoms with Crippen LogP contribution < -0.4 is 4.57 Å². The first-order chi connectivity index (χ1) is 13.2. The molecule has 0 aliphatic carbocycles. The van der Waals surface area contributed by atoms with Crippen molar-refractivity contribution in [3.8, 4) is 0 Å². The van der Waals surface area contributed by atoms with Crippen LogP contribution in [0.15, 0.2) is 91.4 Å². The number of hydrogen-bond acceptors (Lipinski definition) is 3. The average molecular weight is 353 g/mol. The predicted molar refractivity (Wildman–Crippen MR) is 103 cm³/mol. The third-order valence-corrected chi connectivity index (χ3v) is 4.49. The molecule has 0 radical (unpaired) electrons. The molecule has 0 unspecified atom stereocenters. The Hall–Kier alpha value is -3.66. The first-order valence-corrected chi connectivity index (χ1v) is 8.67. The Morgan fingerprint density at radius 1 is 0.815 bits per heavy atom. The van der Waals surface area contributed by atoms with Gasteiger partial charge in [0.25, 0.3) is 11.5 Å². The summed E-state index contributed by atoms with van der Waals surface area (Å²) in [6.07, 6.45) is 4.75. The van der Waals surface area contributed by atoms with Crippen molar-refractivity contribution in [1.29, 1.82) is 0 Å². The minimum absolute atomic E-state index is 0.0561. The van der Waals surface area contributed by atoms with Gasteiger partial charge in [-0.1, -0.05) is 66.7 Å². The molecule has 0 N–H and O–H groups in total. The van der Waals surface area contributed by atoms with Crippen LogP contribution in [0.25, 0.3) is 10.8 Å². The first-order valence-electron chi connectivity index (χ1n) is 8.67. The molecule has 27 heavy (non-hydrogen) atoms. The second-order valence-electron chi connectivity index (χ2n) is 6.27. The summed E-state index contributed by atoms with van der Waals surface area (Å²) in [5.74, 6) is -0.214. The molecule has 0 amide bonds. The van der Waals surface area contributed by atoms with Crippen LogP contribution in [-0.4, -0.2) is 16.6 Å². The van der Waals surface area contributed by atoms with Crippen molar-refractivity contribution in [3.05, 3.63) is 108 Å². The van der Waals surface area contributed by atoms with E-state index in [4.69, 9.17) is 0 Å². The summed E-state index contributed by atoms with van der Waals surface area (Å²) in [5, 5.41) is 2.08. The van der Waals surface area contributed by atoms with Gasteiger partial charge in [0, 0.05) is 11.1 Å². The highest BCUT2D eigenvalue weighted by atomic mass is 16.1. The summed E-state index contributed by atoms with van der Waals surface area (Å²) in [4.78, 5) is 29.7. The molecule has 1 aromatic heterocycles. The second kappa shape index (κ2) is 7.30. The topological polar surface area (TPSA) is 50.9 Å². The first kappa shape index (κ1) is 16.8. The van der Waals surface area contributed by atoms with Crippen molar-refractivity contribution in [1.82, 2.24) is 4.98 Å². The monoisotopic (exact) mass is 353 g/mol. The van der Waals surface area contributed by atoms with Gasteiger partial charge in [-0.05, 0) is 16.8 Å². The lowest BCUT2D eigenvalue weighted by atomic mass is 10.0. The molecule has 0 saturated carbocycles. The van der Waals surface area contributed by atoms with Crippen molar-refractivity contribution in [2.24, 2.45) is 0 Å². The highest BCUT2D eigenvalue weighted by Gasteiger charge is 2.23. The molecule has 130 valence electrons. The molecular formula is C23H17N2O2+. The Morgan fingerprint density at radius 3 is 2.37 bits per heavy atom. The number of carbonyl (C=O) groups is 2. The van der Waals surface area contributed by atoms with E-state index in [1.807, 2.05) is 54.6 Å². The van der Waals surface area contributed by atoms with Crippen LogP contribution in [0.5, 0.6) is 0 Å². The van der Waals surface area contributed by atoms with Crippen molar-refractivity contribution >= 4 is 22.3 Å². The lowest BCUT2D eigenvalue weighted by molar-refractivity contribution is -0.685. The number of rotatable bonds is 5. The second-order valence-corrected chi connectivity index (χ2v) is 6.27. The zero-order valence-corrected chi connectivity index (χ0v) is 14.6. The van der Waals surface area contributed by atoms with Gasteiger partial charge < -0.3 is 0 Å². The lowest BCUT2D eigenvalue weighted by Gasteiger charge is -2.04. The lowest BCUT2D eigenvalue weighted by Crippen LogP contribution is -2.43. The zero-order valence-electron chi connectivity index (χ0n) is 14.6. The minimum Gasteiger partial charge on any atom is -0.287 e. The highest BCUT2D eigenvalue weighted by Crippen LogP contribution is 2.17. The summed E-state index contributed by atoms with van der Waals surface area (Å²) >= 11 is 0. The molecule has 4 rings (SSSR count). The molecule has 3 aromatic carbocycles. The Bertz CT molecular complexity index is 1140. The maximum absolute atomic E-state index is 13.1. The van der Waals surface area contributed by atoms with Gasteiger partial charge in [-0.2, -0.15) is 4.57 Å². The summed E-state index contributed by atoms with van der Waals surface area (Å²) in [6, 6.07) is 22.6. The SMILES string of the molecule is O=C(C[n+]1ccncc1C(=O)c1ccc2ccccc2c1)c1ccccc1. The van der Waals surface area contributed by atoms with E-state index in [9.17, 15) is 9.59 Å². The summed E-state index contributed by atoms with van der Waals surface area (Å²) in [7, 11) is 0. The maximum Gasteiger partial charge on any atom is 0.272 e. The Morgan fingerprint density at radius 2 is 1.56 bits per heavy atom. The normalized spacial score (nSPS) is 10.7. The molecule has 1 heterocycles. The third-order valence-electron chi connectivity index (χ3n) is 4.49. The van der Waals surface area contributed by atoms with Crippen LogP contribution in [0, 0.1) is 0 Å². The van der Waals surface area contributed by atoms with Gasteiger partial charge in [-0.25, -0.2) is 0 Å². The fourth-order valence-electron chi connectivity index (χ4n) is 3.06. The van der Waals surface area contributed by atoms with Crippen molar-refractivity contribution in [2.75, 3.05) is 0 Å². The van der Waals surface area contributed by atoms with Crippen LogP contribution in [0.3, 0.4) is 0 Å². The van der Waals surface area contributed by atoms with Crippen LogP contribution in [0.1, 0.15) is 26.4 Å². The number of ketones is 2. The Balaban J connectivity index is 1.67. The largest absolute Gasteiger partial charge is 0.287 e. The van der Waals surface area contributed by atoms with E-state index in [1.54, 1.807) is 35.2 Å². The summed E-state index contributed by atoms with van der Waals surface area (Å²) < 4.78 is 1.65. The Kier molecular flexibility index (Phi) is 4.54. The molecule has 0 saturated heterocycles. The van der Waals surface area contributed by atoms with Crippen LogP contribution in [0.2, 0.25) is 0 Å². The molecule has 4 aromatic rings. The number of fused-ring (bicyclic) bond motifs is 1. The number of hydrogen-bond donors (Lipinski definition) is 0. The van der Waals surface area contributed by atoms with E-state index in [2.05, 4.69) is 4.98 Å². The van der Waals surface area contributed by atoms with E-state index < -0.39 is 0 Å². The Labute approximate surface area is 156 Å². The van der Waals surface area contributed by atoms with E-state index in [-0.39, 0.29) is 18.1 Å². The smallest absolute Gasteiger partial charge is 0.272 e. The average Bonchev–Trinajstić information content (AvgIpc) is 2.74. The highest BCUT2D eigenvalue weighted by molar-refractivity contribution is 6.08. The molecule has 0 aliphatic heterocycles. The third kappa shape index (κ3) is 3.51. The predicted octanol–water partition coefficient (Wildman–Crippen LogP) is 3.64. The molecule has 0 aliphatic rings. The van der Waals surface area contributed by atoms with E-state index in [1.165, 1.54) is 6.20 Å². The molecule has 4 nitrogen and oxygen atoms in total. The zero-order chi connectivity index (χ0) is 18.6. The number of nitrogens with zero attached hydrogens (tertiary/aromatic N) is 2. The van der Waals surface area contributed by atoms with E-state index in [0.29, 0.717) is 16.8 Å². The van der Waals surface area contributed by atoms with Gasteiger partial charge in [0.1, 0.15) is 6.20 Å². The number of benzene rings is 3. The van der Waals surface area contributed by atoms with Gasteiger partial charge in [-0.3, -0.25) is 14.6 Å². The fraction of sp³-hybridized carbons (Fsp3) is 0.0435.